The molecule has 0 radical (unpaired) electrons. The summed E-state index contributed by atoms with van der Waals surface area (Å²) in [5.41, 5.74) is 2.54. The number of ether oxygens (including phenoxy) is 1. The van der Waals surface area contributed by atoms with Crippen LogP contribution in [-0.4, -0.2) is 31.1 Å². The van der Waals surface area contributed by atoms with E-state index >= 15 is 0 Å². The van der Waals surface area contributed by atoms with E-state index in [4.69, 9.17) is 4.74 Å². The number of para-hydroxylation sites is 1. The molecule has 1 N–H and O–H groups in total. The van der Waals surface area contributed by atoms with Crippen molar-refractivity contribution in [3.63, 3.8) is 0 Å². The predicted octanol–water partition coefficient (Wildman–Crippen LogP) is 4.86. The maximum absolute atomic E-state index is 6.20. The SMILES string of the molecule is CCC[C@@H](c1ccccc1OCc1ccccc1)N1CCNCC1.Cl.Cl. The van der Waals surface area contributed by atoms with Crippen LogP contribution in [0.1, 0.15) is 36.9 Å². The fourth-order valence-electron chi connectivity index (χ4n) is 3.42. The molecule has 1 aliphatic heterocycles. The van der Waals surface area contributed by atoms with E-state index in [1.165, 1.54) is 24.0 Å². The number of benzene rings is 2. The van der Waals surface area contributed by atoms with Crippen LogP contribution >= 0.6 is 24.8 Å². The molecule has 2 aromatic carbocycles. The van der Waals surface area contributed by atoms with Gasteiger partial charge in [-0.3, -0.25) is 4.90 Å². The molecule has 0 aromatic heterocycles. The third-order valence-electron chi connectivity index (χ3n) is 4.67. The highest BCUT2D eigenvalue weighted by atomic mass is 35.5. The number of hydrogen-bond acceptors (Lipinski definition) is 3. The van der Waals surface area contributed by atoms with Gasteiger partial charge >= 0.3 is 0 Å². The normalized spacial score (nSPS) is 15.4. The third-order valence-corrected chi connectivity index (χ3v) is 4.67. The summed E-state index contributed by atoms with van der Waals surface area (Å²) in [5.74, 6) is 1.03. The van der Waals surface area contributed by atoms with E-state index < -0.39 is 0 Å². The summed E-state index contributed by atoms with van der Waals surface area (Å²) >= 11 is 0. The number of piperazine rings is 1. The van der Waals surface area contributed by atoms with Crippen molar-refractivity contribution in [2.75, 3.05) is 26.2 Å². The Kier molecular flexibility index (Phi) is 10.7. The van der Waals surface area contributed by atoms with Gasteiger partial charge in [0.05, 0.1) is 0 Å². The zero-order chi connectivity index (χ0) is 16.6. The summed E-state index contributed by atoms with van der Waals surface area (Å²) in [6, 6.07) is 19.4. The van der Waals surface area contributed by atoms with Gasteiger partial charge in [-0.15, -0.1) is 24.8 Å². The van der Waals surface area contributed by atoms with Gasteiger partial charge in [0.2, 0.25) is 0 Å². The minimum Gasteiger partial charge on any atom is -0.489 e. The minimum absolute atomic E-state index is 0. The molecule has 1 fully saturated rings. The lowest BCUT2D eigenvalue weighted by Crippen LogP contribution is -2.45. The fourth-order valence-corrected chi connectivity index (χ4v) is 3.42. The molecule has 0 amide bonds. The number of halogens is 2. The summed E-state index contributed by atoms with van der Waals surface area (Å²) in [6.07, 6.45) is 2.35. The number of nitrogens with zero attached hydrogens (tertiary/aromatic N) is 1. The van der Waals surface area contributed by atoms with E-state index in [0.29, 0.717) is 12.6 Å². The lowest BCUT2D eigenvalue weighted by molar-refractivity contribution is 0.160. The van der Waals surface area contributed by atoms with Crippen molar-refractivity contribution in [3.05, 3.63) is 65.7 Å². The maximum Gasteiger partial charge on any atom is 0.124 e. The van der Waals surface area contributed by atoms with Crippen molar-refractivity contribution < 1.29 is 4.74 Å². The molecule has 3 nitrogen and oxygen atoms in total. The van der Waals surface area contributed by atoms with Gasteiger partial charge in [0.25, 0.3) is 0 Å². The largest absolute Gasteiger partial charge is 0.489 e. The summed E-state index contributed by atoms with van der Waals surface area (Å²) in [4.78, 5) is 2.60. The monoisotopic (exact) mass is 396 g/mol. The Labute approximate surface area is 169 Å². The Morgan fingerprint density at radius 3 is 2.31 bits per heavy atom. The molecule has 1 aliphatic rings. The molecule has 0 unspecified atom stereocenters. The topological polar surface area (TPSA) is 24.5 Å². The molecule has 0 aliphatic carbocycles. The summed E-state index contributed by atoms with van der Waals surface area (Å²) < 4.78 is 6.20. The predicted molar refractivity (Wildman–Crippen MR) is 114 cm³/mol. The first kappa shape index (κ1) is 22.8. The van der Waals surface area contributed by atoms with Gasteiger partial charge in [-0.05, 0) is 18.1 Å². The van der Waals surface area contributed by atoms with Gasteiger partial charge in [-0.2, -0.15) is 0 Å². The molecule has 2 aromatic rings. The lowest BCUT2D eigenvalue weighted by atomic mass is 9.99. The van der Waals surface area contributed by atoms with Crippen molar-refractivity contribution in [2.24, 2.45) is 0 Å². The third kappa shape index (κ3) is 6.17. The molecule has 0 saturated carbocycles. The maximum atomic E-state index is 6.20. The zero-order valence-electron chi connectivity index (χ0n) is 15.4. The Hall–Kier alpha value is -1.26. The molecule has 0 bridgehead atoms. The van der Waals surface area contributed by atoms with Gasteiger partial charge in [-0.25, -0.2) is 0 Å². The second kappa shape index (κ2) is 12.2. The Balaban J connectivity index is 0.00000169. The van der Waals surface area contributed by atoms with Crippen molar-refractivity contribution in [3.8, 4) is 5.75 Å². The highest BCUT2D eigenvalue weighted by Crippen LogP contribution is 2.33. The van der Waals surface area contributed by atoms with Gasteiger partial charge in [0.1, 0.15) is 12.4 Å². The fraction of sp³-hybridized carbons (Fsp3) is 0.429. The van der Waals surface area contributed by atoms with Crippen LogP contribution in [0.25, 0.3) is 0 Å². The van der Waals surface area contributed by atoms with E-state index in [0.717, 1.165) is 31.9 Å². The molecule has 3 rings (SSSR count). The zero-order valence-corrected chi connectivity index (χ0v) is 17.0. The lowest BCUT2D eigenvalue weighted by Gasteiger charge is -2.36. The number of nitrogens with one attached hydrogen (secondary N) is 1. The van der Waals surface area contributed by atoms with E-state index in [2.05, 4.69) is 65.7 Å². The molecular weight excluding hydrogens is 367 g/mol. The first-order valence-corrected chi connectivity index (χ1v) is 9.09. The van der Waals surface area contributed by atoms with Crippen molar-refractivity contribution in [1.82, 2.24) is 10.2 Å². The van der Waals surface area contributed by atoms with E-state index in [1.807, 2.05) is 6.07 Å². The standard InChI is InChI=1S/C21H28N2O.2ClH/c1-2-8-20(23-15-13-22-14-16-23)19-11-6-7-12-21(19)24-17-18-9-4-3-5-10-18;;/h3-7,9-12,20,22H,2,8,13-17H2,1H3;2*1H/t20-;;/m0../s1. The van der Waals surface area contributed by atoms with Crippen LogP contribution < -0.4 is 10.1 Å². The van der Waals surface area contributed by atoms with Gasteiger partial charge < -0.3 is 10.1 Å². The minimum atomic E-state index is 0. The Morgan fingerprint density at radius 1 is 0.962 bits per heavy atom. The van der Waals surface area contributed by atoms with Gasteiger partial charge in [-0.1, -0.05) is 61.9 Å². The van der Waals surface area contributed by atoms with Gasteiger partial charge in [0, 0.05) is 37.8 Å². The Bertz CT molecular complexity index is 618. The summed E-state index contributed by atoms with van der Waals surface area (Å²) in [6.45, 7) is 7.26. The van der Waals surface area contributed by atoms with E-state index in [9.17, 15) is 0 Å². The van der Waals surface area contributed by atoms with Crippen molar-refractivity contribution in [2.45, 2.75) is 32.4 Å². The Morgan fingerprint density at radius 2 is 1.62 bits per heavy atom. The van der Waals surface area contributed by atoms with Crippen LogP contribution in [0.15, 0.2) is 54.6 Å². The smallest absolute Gasteiger partial charge is 0.124 e. The second-order valence-corrected chi connectivity index (χ2v) is 6.40. The highest BCUT2D eigenvalue weighted by Gasteiger charge is 2.24. The van der Waals surface area contributed by atoms with Crippen LogP contribution in [0.4, 0.5) is 0 Å². The van der Waals surface area contributed by atoms with Gasteiger partial charge in [0.15, 0.2) is 0 Å². The molecule has 5 heteroatoms. The average molecular weight is 397 g/mol. The van der Waals surface area contributed by atoms with Crippen molar-refractivity contribution in [1.29, 1.82) is 0 Å². The molecule has 1 saturated heterocycles. The average Bonchev–Trinajstić information content (AvgIpc) is 2.66. The van der Waals surface area contributed by atoms with Crippen LogP contribution in [0.2, 0.25) is 0 Å². The first-order valence-electron chi connectivity index (χ1n) is 9.09. The highest BCUT2D eigenvalue weighted by molar-refractivity contribution is 5.85. The quantitative estimate of drug-likeness (QED) is 0.723. The first-order chi connectivity index (χ1) is 11.9. The molecule has 144 valence electrons. The summed E-state index contributed by atoms with van der Waals surface area (Å²) in [5, 5.41) is 3.45. The molecule has 1 atom stereocenters. The molecular formula is C21H30Cl2N2O. The van der Waals surface area contributed by atoms with Crippen LogP contribution in [0.5, 0.6) is 5.75 Å². The molecule has 26 heavy (non-hydrogen) atoms. The molecule has 0 spiro atoms. The molecule has 1 heterocycles. The van der Waals surface area contributed by atoms with Crippen LogP contribution in [0.3, 0.4) is 0 Å². The van der Waals surface area contributed by atoms with Crippen molar-refractivity contribution >= 4 is 24.8 Å². The number of hydrogen-bond donors (Lipinski definition) is 1. The number of rotatable bonds is 7. The second-order valence-electron chi connectivity index (χ2n) is 6.40. The van der Waals surface area contributed by atoms with E-state index in [1.54, 1.807) is 0 Å². The van der Waals surface area contributed by atoms with E-state index in [-0.39, 0.29) is 24.8 Å². The summed E-state index contributed by atoms with van der Waals surface area (Å²) in [7, 11) is 0. The van der Waals surface area contributed by atoms with Crippen LogP contribution in [0, 0.1) is 0 Å². The van der Waals surface area contributed by atoms with Crippen LogP contribution in [-0.2, 0) is 6.61 Å².